The fourth-order valence-electron chi connectivity index (χ4n) is 5.00. The Labute approximate surface area is 236 Å². The third-order valence-electron chi connectivity index (χ3n) is 7.50. The van der Waals surface area contributed by atoms with Gasteiger partial charge >= 0.3 is 0 Å². The van der Waals surface area contributed by atoms with Gasteiger partial charge in [-0.2, -0.15) is 0 Å². The highest BCUT2D eigenvalue weighted by molar-refractivity contribution is 6.23. The second-order valence-electron chi connectivity index (χ2n) is 11.3. The Morgan fingerprint density at radius 2 is 1.80 bits per heavy atom. The molecule has 1 saturated heterocycles. The molecule has 208 valence electrons. The third kappa shape index (κ3) is 6.79. The Hall–Kier alpha value is -4.37. The van der Waals surface area contributed by atoms with E-state index >= 15 is 0 Å². The molecule has 0 radical (unpaired) electrons. The largest absolute Gasteiger partial charge is 0.397 e. The fraction of sp³-hybridized carbons (Fsp3) is 0.323. The summed E-state index contributed by atoms with van der Waals surface area (Å²) in [5.41, 5.74) is 11.4. The summed E-state index contributed by atoms with van der Waals surface area (Å²) in [7, 11) is 6.78. The molecule has 9 heteroatoms. The van der Waals surface area contributed by atoms with Gasteiger partial charge in [0.15, 0.2) is 0 Å². The Balaban J connectivity index is 1.19. The van der Waals surface area contributed by atoms with E-state index in [-0.39, 0.29) is 5.78 Å². The van der Waals surface area contributed by atoms with Gasteiger partial charge in [-0.3, -0.25) is 4.79 Å². The lowest BCUT2D eigenvalue weighted by Gasteiger charge is -2.31. The van der Waals surface area contributed by atoms with Crippen molar-refractivity contribution in [3.8, 4) is 0 Å². The molecule has 2 aromatic carbocycles. The van der Waals surface area contributed by atoms with Crippen LogP contribution in [0.5, 0.6) is 0 Å². The smallest absolute Gasteiger partial charge is 0.204 e. The van der Waals surface area contributed by atoms with Crippen LogP contribution in [0.2, 0.25) is 0 Å². The lowest BCUT2D eigenvalue weighted by molar-refractivity contribution is -0.893. The summed E-state index contributed by atoms with van der Waals surface area (Å²) in [6.45, 7) is 3.89. The molecule has 2 aliphatic rings. The number of carbonyl (C=O) groups excluding carboxylic acids is 1. The minimum Gasteiger partial charge on any atom is -0.397 e. The summed E-state index contributed by atoms with van der Waals surface area (Å²) in [4.78, 5) is 23.9. The molecule has 40 heavy (non-hydrogen) atoms. The van der Waals surface area contributed by atoms with Crippen LogP contribution in [-0.2, 0) is 11.3 Å². The number of carbonyl (C=O) groups is 1. The molecule has 1 aromatic heterocycles. The molecule has 0 saturated carbocycles. The first kappa shape index (κ1) is 27.2. The summed E-state index contributed by atoms with van der Waals surface area (Å²) < 4.78 is 3.04. The molecule has 0 spiro atoms. The quantitative estimate of drug-likeness (QED) is 0.203. The maximum atomic E-state index is 12.7. The average Bonchev–Trinajstić information content (AvgIpc) is 3.64. The number of aromatic nitrogens is 2. The molecule has 3 aromatic rings. The number of anilines is 3. The van der Waals surface area contributed by atoms with Crippen LogP contribution >= 0.6 is 0 Å². The lowest BCUT2D eigenvalue weighted by Crippen LogP contribution is -2.46. The fourth-order valence-corrected chi connectivity index (χ4v) is 5.00. The number of aliphatic imine (C=N–C) groups is 1. The molecule has 1 atom stereocenters. The summed E-state index contributed by atoms with van der Waals surface area (Å²) in [6.07, 6.45) is 10.9. The van der Waals surface area contributed by atoms with Gasteiger partial charge < -0.3 is 30.3 Å². The van der Waals surface area contributed by atoms with E-state index in [2.05, 4.69) is 58.4 Å². The summed E-state index contributed by atoms with van der Waals surface area (Å²) in [5.74, 6) is -0.172. The second kappa shape index (κ2) is 11.8. The third-order valence-corrected chi connectivity index (χ3v) is 7.50. The number of rotatable bonds is 10. The molecule has 0 bridgehead atoms. The Morgan fingerprint density at radius 1 is 1.05 bits per heavy atom. The minimum atomic E-state index is -0.172. The van der Waals surface area contributed by atoms with Crippen LogP contribution in [0.15, 0.2) is 95.8 Å². The SMILES string of the molecule is C[N+](C)(C)C1CCN(c2ccc(/N=C3\C=C(Nc4ccc(NCCCn5ccnc5)cc4)C(=O)C=C3N)cc2)C1. The van der Waals surface area contributed by atoms with Crippen molar-refractivity contribution in [3.05, 3.63) is 90.8 Å². The normalized spacial score (nSPS) is 18.6. The number of nitrogens with one attached hydrogen (secondary N) is 2. The van der Waals surface area contributed by atoms with Gasteiger partial charge in [0.2, 0.25) is 5.78 Å². The van der Waals surface area contributed by atoms with Crippen molar-refractivity contribution < 1.29 is 9.28 Å². The van der Waals surface area contributed by atoms with E-state index in [1.54, 1.807) is 12.3 Å². The van der Waals surface area contributed by atoms with Crippen LogP contribution in [0.1, 0.15) is 12.8 Å². The van der Waals surface area contributed by atoms with E-state index in [1.165, 1.54) is 18.2 Å². The van der Waals surface area contributed by atoms with Crippen molar-refractivity contribution >= 4 is 34.2 Å². The van der Waals surface area contributed by atoms with Crippen molar-refractivity contribution in [1.82, 2.24) is 9.55 Å². The number of aryl methyl sites for hydroxylation is 1. The number of imidazole rings is 1. The average molecular weight is 540 g/mol. The molecule has 1 aliphatic carbocycles. The van der Waals surface area contributed by atoms with Gasteiger partial charge in [-0.15, -0.1) is 0 Å². The van der Waals surface area contributed by atoms with E-state index in [4.69, 9.17) is 10.7 Å². The molecule has 5 rings (SSSR count). The molecule has 2 heterocycles. The van der Waals surface area contributed by atoms with Crippen LogP contribution in [0.3, 0.4) is 0 Å². The van der Waals surface area contributed by atoms with Crippen LogP contribution in [0.25, 0.3) is 0 Å². The van der Waals surface area contributed by atoms with Gasteiger partial charge in [-0.05, 0) is 61.0 Å². The van der Waals surface area contributed by atoms with Gasteiger partial charge in [0.05, 0.1) is 56.8 Å². The molecule has 1 aliphatic heterocycles. The van der Waals surface area contributed by atoms with E-state index in [9.17, 15) is 4.79 Å². The summed E-state index contributed by atoms with van der Waals surface area (Å²) >= 11 is 0. The van der Waals surface area contributed by atoms with Crippen molar-refractivity contribution in [3.63, 3.8) is 0 Å². The maximum Gasteiger partial charge on any atom is 0.204 e. The van der Waals surface area contributed by atoms with Crippen molar-refractivity contribution in [2.45, 2.75) is 25.4 Å². The van der Waals surface area contributed by atoms with Gasteiger partial charge in [0, 0.05) is 61.6 Å². The van der Waals surface area contributed by atoms with Crippen molar-refractivity contribution in [1.29, 1.82) is 0 Å². The number of hydrogen-bond acceptors (Lipinski definition) is 7. The number of allylic oxidation sites excluding steroid dienone is 2. The van der Waals surface area contributed by atoms with Gasteiger partial charge in [0.25, 0.3) is 0 Å². The van der Waals surface area contributed by atoms with Gasteiger partial charge in [-0.25, -0.2) is 9.98 Å². The monoisotopic (exact) mass is 539 g/mol. The first-order valence-corrected chi connectivity index (χ1v) is 13.8. The van der Waals surface area contributed by atoms with E-state index in [1.807, 2.05) is 48.9 Å². The number of likely N-dealkylation sites (N-methyl/N-ethyl adjacent to an activating group) is 1. The zero-order chi connectivity index (χ0) is 28.1. The zero-order valence-electron chi connectivity index (χ0n) is 23.5. The zero-order valence-corrected chi connectivity index (χ0v) is 23.5. The van der Waals surface area contributed by atoms with E-state index in [0.717, 1.165) is 54.1 Å². The molecular formula is C31H39N8O+. The van der Waals surface area contributed by atoms with Crippen LogP contribution in [0.4, 0.5) is 22.7 Å². The Morgan fingerprint density at radius 3 is 2.48 bits per heavy atom. The van der Waals surface area contributed by atoms with E-state index in [0.29, 0.717) is 23.1 Å². The molecular weight excluding hydrogens is 500 g/mol. The topological polar surface area (TPSA) is 101 Å². The predicted molar refractivity (Wildman–Crippen MR) is 163 cm³/mol. The highest BCUT2D eigenvalue weighted by Crippen LogP contribution is 2.27. The first-order valence-electron chi connectivity index (χ1n) is 13.8. The number of nitrogens with two attached hydrogens (primary N) is 1. The second-order valence-corrected chi connectivity index (χ2v) is 11.3. The number of quaternary nitrogens is 1. The highest BCUT2D eigenvalue weighted by Gasteiger charge is 2.32. The first-order chi connectivity index (χ1) is 19.2. The van der Waals surface area contributed by atoms with Crippen LogP contribution in [0, 0.1) is 0 Å². The van der Waals surface area contributed by atoms with Crippen molar-refractivity contribution in [2.24, 2.45) is 10.7 Å². The van der Waals surface area contributed by atoms with Crippen LogP contribution in [-0.4, -0.2) is 72.3 Å². The Bertz CT molecular complexity index is 1400. The van der Waals surface area contributed by atoms with E-state index < -0.39 is 0 Å². The number of benzene rings is 2. The maximum absolute atomic E-state index is 12.7. The molecule has 0 amide bonds. The molecule has 1 unspecified atom stereocenters. The number of hydrogen-bond donors (Lipinski definition) is 3. The molecule has 9 nitrogen and oxygen atoms in total. The van der Waals surface area contributed by atoms with Crippen molar-refractivity contribution in [2.75, 3.05) is 56.3 Å². The summed E-state index contributed by atoms with van der Waals surface area (Å²) in [6, 6.07) is 16.8. The molecule has 1 fully saturated rings. The van der Waals surface area contributed by atoms with Gasteiger partial charge in [0.1, 0.15) is 6.04 Å². The number of ketones is 1. The molecule has 4 N–H and O–H groups in total. The standard InChI is InChI=1S/C31H38N8O/c1-39(2,3)27-13-17-38(21-27)26-11-9-25(10-12-26)35-29-20-30(31(40)19-28(29)32)36-24-7-5-23(6-8-24)34-14-4-16-37-18-15-33-22-37/h5-12,15,18-20,22,27H,4,13-14,16-17,21H2,1-3H3,(H3-,32,34,35,36,40)/p+1. The highest BCUT2D eigenvalue weighted by atomic mass is 16.1. The predicted octanol–water partition coefficient (Wildman–Crippen LogP) is 4.16. The number of nitrogens with zero attached hydrogens (tertiary/aromatic N) is 5. The summed E-state index contributed by atoms with van der Waals surface area (Å²) in [5, 5.41) is 6.65. The van der Waals surface area contributed by atoms with Crippen LogP contribution < -0.4 is 21.3 Å². The lowest BCUT2D eigenvalue weighted by atomic mass is 10.1. The minimum absolute atomic E-state index is 0.172. The Kier molecular flexibility index (Phi) is 8.02. The van der Waals surface area contributed by atoms with Gasteiger partial charge in [-0.1, -0.05) is 0 Å².